The zero-order valence-electron chi connectivity index (χ0n) is 72.3. The highest BCUT2D eigenvalue weighted by Gasteiger charge is 2.56. The summed E-state index contributed by atoms with van der Waals surface area (Å²) in [6, 6.07) is 39.1. The predicted octanol–water partition coefficient (Wildman–Crippen LogP) is 21.2. The Balaban J connectivity index is 1.85. The third-order valence-electron chi connectivity index (χ3n) is 20.9. The smallest absolute Gasteiger partial charge is 0.408 e. The SMILES string of the molecule is CC[Si](CC)(CC)O[C@](C#CC1=C[C@@H](O[Si](C)(C)C(C)(C)C)C[C@]1(O[Si](C)(C)C)[C@@H](C#C[Si](C)(C)C)Oc1c(Cl)cc([C@H](CCOC(=O)C(C)(C)C)NC(=O)OC(C)(C)C)cc1OCOC)(COC(c1ccccc1)(c1ccc(OC)cc1)c1ccc(OC)cc1)[C@H](CO[Si](C)(C)C(C)(C)C)OCc1ccc(OC)cc1. The molecule has 6 atom stereocenters. The van der Waals surface area contributed by atoms with E-state index in [1.165, 1.54) is 7.11 Å². The molecule has 17 nitrogen and oxygen atoms in total. The molecule has 1 aliphatic rings. The first-order valence-electron chi connectivity index (χ1n) is 39.0. The molecule has 1 aliphatic carbocycles. The number of esters is 1. The fourth-order valence-corrected chi connectivity index (χ4v) is 19.9. The molecule has 0 fully saturated rings. The molecular formula is C88H132ClNO16Si5. The van der Waals surface area contributed by atoms with Gasteiger partial charge in [0, 0.05) is 25.5 Å². The minimum Gasteiger partial charge on any atom is -0.497 e. The Labute approximate surface area is 676 Å². The van der Waals surface area contributed by atoms with Crippen molar-refractivity contribution in [1.82, 2.24) is 5.32 Å². The van der Waals surface area contributed by atoms with Gasteiger partial charge in [-0.2, -0.15) is 0 Å². The minimum atomic E-state index is -2.96. The number of nitrogens with one attached hydrogen (secondary N) is 1. The molecule has 0 radical (unpaired) electrons. The molecule has 0 unspecified atom stereocenters. The average Bonchev–Trinajstić information content (AvgIpc) is 1.74. The Morgan fingerprint density at radius 1 is 0.676 bits per heavy atom. The fraction of sp³-hybridized carbons (Fsp3) is 0.568. The lowest BCUT2D eigenvalue weighted by Crippen LogP contribution is -2.60. The summed E-state index contributed by atoms with van der Waals surface area (Å²) < 4.78 is 96.6. The van der Waals surface area contributed by atoms with Gasteiger partial charge in [-0.15, -0.1) is 5.54 Å². The van der Waals surface area contributed by atoms with Crippen LogP contribution < -0.4 is 29.0 Å². The van der Waals surface area contributed by atoms with E-state index in [0.717, 1.165) is 40.4 Å². The third-order valence-corrected chi connectivity index (χ3v) is 36.8. The van der Waals surface area contributed by atoms with Crippen LogP contribution in [-0.4, -0.2) is 144 Å². The van der Waals surface area contributed by atoms with E-state index in [0.29, 0.717) is 28.4 Å². The van der Waals surface area contributed by atoms with E-state index in [9.17, 15) is 9.59 Å². The second-order valence-corrected chi connectivity index (χ2v) is 59.9. The summed E-state index contributed by atoms with van der Waals surface area (Å²) in [7, 11) is -6.98. The Bertz CT molecular complexity index is 3940. The Morgan fingerprint density at radius 3 is 1.68 bits per heavy atom. The first kappa shape index (κ1) is 93.7. The van der Waals surface area contributed by atoms with Crippen LogP contribution >= 0.6 is 11.6 Å². The number of alkyl carbamates (subject to hydrolysis) is 1. The minimum absolute atomic E-state index is 0.0464. The van der Waals surface area contributed by atoms with Crippen molar-refractivity contribution in [1.29, 1.82) is 0 Å². The molecule has 5 aromatic rings. The van der Waals surface area contributed by atoms with Crippen molar-refractivity contribution in [3.05, 3.63) is 160 Å². The summed E-state index contributed by atoms with van der Waals surface area (Å²) in [5.41, 5.74) is 1.90. The van der Waals surface area contributed by atoms with Crippen LogP contribution in [0.15, 0.2) is 127 Å². The van der Waals surface area contributed by atoms with E-state index in [-0.39, 0.29) is 72.7 Å². The van der Waals surface area contributed by atoms with Crippen molar-refractivity contribution in [3.63, 3.8) is 0 Å². The van der Waals surface area contributed by atoms with Crippen molar-refractivity contribution in [3.8, 4) is 52.1 Å². The first-order chi connectivity index (χ1) is 51.5. The van der Waals surface area contributed by atoms with Crippen molar-refractivity contribution >= 4 is 65.0 Å². The molecule has 612 valence electrons. The molecule has 23 heteroatoms. The van der Waals surface area contributed by atoms with Crippen LogP contribution in [0.2, 0.25) is 98.7 Å². The predicted molar refractivity (Wildman–Crippen MR) is 460 cm³/mol. The topological polar surface area (TPSA) is 175 Å². The summed E-state index contributed by atoms with van der Waals surface area (Å²) in [6.07, 6.45) is -0.952. The fourth-order valence-electron chi connectivity index (χ4n) is 12.4. The molecule has 111 heavy (non-hydrogen) atoms. The Morgan fingerprint density at radius 2 is 1.21 bits per heavy atom. The van der Waals surface area contributed by atoms with Gasteiger partial charge in [0.25, 0.3) is 0 Å². The molecule has 0 heterocycles. The number of amides is 1. The Kier molecular flexibility index (Phi) is 32.5. The number of halogens is 1. The van der Waals surface area contributed by atoms with E-state index >= 15 is 0 Å². The van der Waals surface area contributed by atoms with Gasteiger partial charge in [-0.25, -0.2) is 4.79 Å². The van der Waals surface area contributed by atoms with E-state index in [1.807, 2.05) is 66.7 Å². The van der Waals surface area contributed by atoms with Crippen LogP contribution in [0.4, 0.5) is 4.79 Å². The zero-order valence-corrected chi connectivity index (χ0v) is 78.1. The largest absolute Gasteiger partial charge is 0.497 e. The summed E-state index contributed by atoms with van der Waals surface area (Å²) >= 11 is 7.76. The lowest BCUT2D eigenvalue weighted by Gasteiger charge is -2.47. The maximum absolute atomic E-state index is 13.9. The average molecular weight is 1640 g/mol. The van der Waals surface area contributed by atoms with E-state index in [2.05, 4.69) is 199 Å². The second-order valence-electron chi connectivity index (χ2n) is 36.1. The maximum Gasteiger partial charge on any atom is 0.408 e. The van der Waals surface area contributed by atoms with Gasteiger partial charge in [0.2, 0.25) is 0 Å². The quantitative estimate of drug-likeness (QED) is 0.0132. The molecule has 5 aromatic carbocycles. The maximum atomic E-state index is 13.9. The van der Waals surface area contributed by atoms with Crippen molar-refractivity contribution in [2.75, 3.05) is 55.1 Å². The highest BCUT2D eigenvalue weighted by molar-refractivity contribution is 6.84. The van der Waals surface area contributed by atoms with Gasteiger partial charge < -0.3 is 70.4 Å². The number of methoxy groups -OCH3 is 4. The van der Waals surface area contributed by atoms with Crippen LogP contribution in [0.5, 0.6) is 28.7 Å². The van der Waals surface area contributed by atoms with Gasteiger partial charge in [-0.05, 0) is 198 Å². The van der Waals surface area contributed by atoms with E-state index in [4.69, 9.17) is 76.7 Å². The molecule has 1 N–H and O–H groups in total. The number of carbonyl (C=O) groups excluding carboxylic acids is 2. The van der Waals surface area contributed by atoms with E-state index in [1.54, 1.807) is 75.0 Å². The number of hydrogen-bond acceptors (Lipinski definition) is 16. The van der Waals surface area contributed by atoms with Gasteiger partial charge in [-0.1, -0.05) is 178 Å². The number of rotatable bonds is 36. The molecular weight excluding hydrogens is 1500 g/mol. The highest BCUT2D eigenvalue weighted by Crippen LogP contribution is 2.50. The summed E-state index contributed by atoms with van der Waals surface area (Å²) in [5, 5.41) is 2.68. The normalized spacial score (nSPS) is 16.8. The van der Waals surface area contributed by atoms with Crippen LogP contribution in [0.1, 0.15) is 151 Å². The third kappa shape index (κ3) is 25.4. The summed E-state index contributed by atoms with van der Waals surface area (Å²) in [5.74, 6) is 13.8. The monoisotopic (exact) mass is 1630 g/mol. The summed E-state index contributed by atoms with van der Waals surface area (Å²) in [6.45, 7) is 52.6. The number of carbonyl (C=O) groups is 2. The first-order valence-corrected chi connectivity index (χ1v) is 54.7. The molecule has 0 saturated heterocycles. The summed E-state index contributed by atoms with van der Waals surface area (Å²) in [4.78, 5) is 27.1. The van der Waals surface area contributed by atoms with Gasteiger partial charge in [0.15, 0.2) is 63.3 Å². The molecule has 0 aromatic heterocycles. The second kappa shape index (κ2) is 38.5. The highest BCUT2D eigenvalue weighted by atomic mass is 35.5. The van der Waals surface area contributed by atoms with Crippen LogP contribution in [0.3, 0.4) is 0 Å². The standard InChI is InChI=1S/C88H132ClNO16Si5/c1-30-111(31-2,32-3)105-86(78(61-101-109(26,27)84(10,11)12)98-60-64-38-44-70(94-17)45-39-64,62-100-88(66-36-34-33-35-37-66,67-40-46-71(95-18)47-41-67)68-42-48-72(96-19)49-43-68)53-50-69-58-73(104-110(28,29)85(13,14)15)59-87(69,106-108(23,24)25)77(52-55-107(20,21)22)102-79-74(89)56-65(57-76(79)99-63-93-16)75(90-81(92)103-83(7,8)9)51-54-97-80(91)82(4,5)6/h33-49,56-58,73,75,77-78H,30-32,51,54,59-63H2,1-29H3,(H,90,92)/t73-,75+,77-,78+,86-,87-/m1/s1. The lowest BCUT2D eigenvalue weighted by atomic mass is 9.79. The number of hydrogen-bond donors (Lipinski definition) is 1. The molecule has 0 spiro atoms. The Hall–Kier alpha value is -6.21. The number of benzene rings is 5. The molecule has 0 bridgehead atoms. The van der Waals surface area contributed by atoms with Crippen LogP contribution in [0, 0.1) is 28.7 Å². The molecule has 1 amide bonds. The molecule has 6 rings (SSSR count). The van der Waals surface area contributed by atoms with Gasteiger partial charge in [0.05, 0.1) is 70.3 Å². The molecule has 0 saturated carbocycles. The van der Waals surface area contributed by atoms with Crippen molar-refractivity contribution < 1.29 is 74.7 Å². The van der Waals surface area contributed by atoms with E-state index < -0.39 is 106 Å². The van der Waals surface area contributed by atoms with Crippen LogP contribution in [0.25, 0.3) is 0 Å². The number of ether oxygens (including phenoxy) is 10. The lowest BCUT2D eigenvalue weighted by molar-refractivity contribution is -0.153. The van der Waals surface area contributed by atoms with Crippen molar-refractivity contribution in [2.24, 2.45) is 5.41 Å². The van der Waals surface area contributed by atoms with Gasteiger partial charge in [0.1, 0.15) is 48.2 Å². The molecule has 0 aliphatic heterocycles. The van der Waals surface area contributed by atoms with Crippen molar-refractivity contribution in [2.45, 2.75) is 264 Å². The van der Waals surface area contributed by atoms with Gasteiger partial charge in [-0.3, -0.25) is 4.79 Å². The van der Waals surface area contributed by atoms with Crippen LogP contribution in [-0.2, 0) is 58.4 Å². The van der Waals surface area contributed by atoms with Gasteiger partial charge >= 0.3 is 12.1 Å². The zero-order chi connectivity index (χ0) is 83.0.